The minimum atomic E-state index is -0.747. The molecule has 0 aliphatic carbocycles. The SMILES string of the molecule is CCC(CC)CNC(=O)C(NC(N)=O)c1ccccc1. The maximum atomic E-state index is 12.2. The van der Waals surface area contributed by atoms with E-state index in [1.807, 2.05) is 18.2 Å². The summed E-state index contributed by atoms with van der Waals surface area (Å²) in [5, 5.41) is 5.36. The summed E-state index contributed by atoms with van der Waals surface area (Å²) >= 11 is 0. The van der Waals surface area contributed by atoms with Gasteiger partial charge < -0.3 is 16.4 Å². The summed E-state index contributed by atoms with van der Waals surface area (Å²) in [5.41, 5.74) is 5.86. The lowest BCUT2D eigenvalue weighted by Gasteiger charge is -2.20. The number of urea groups is 1. The van der Waals surface area contributed by atoms with Crippen molar-refractivity contribution in [3.8, 4) is 0 Å². The third-order valence-electron chi connectivity index (χ3n) is 3.40. The average Bonchev–Trinajstić information content (AvgIpc) is 2.46. The first kappa shape index (κ1) is 16.0. The molecule has 1 atom stereocenters. The molecule has 5 heteroatoms. The maximum Gasteiger partial charge on any atom is 0.313 e. The zero-order valence-electron chi connectivity index (χ0n) is 12.1. The number of hydrogen-bond donors (Lipinski definition) is 3. The predicted molar refractivity (Wildman–Crippen MR) is 79.0 cm³/mol. The molecule has 4 N–H and O–H groups in total. The number of amides is 3. The van der Waals surface area contributed by atoms with Gasteiger partial charge in [-0.1, -0.05) is 57.0 Å². The van der Waals surface area contributed by atoms with Crippen LogP contribution in [0.3, 0.4) is 0 Å². The van der Waals surface area contributed by atoms with E-state index in [0.29, 0.717) is 18.0 Å². The first-order chi connectivity index (χ1) is 9.58. The van der Waals surface area contributed by atoms with Crippen LogP contribution in [0.2, 0.25) is 0 Å². The van der Waals surface area contributed by atoms with Crippen molar-refractivity contribution < 1.29 is 9.59 Å². The van der Waals surface area contributed by atoms with Gasteiger partial charge in [-0.25, -0.2) is 4.79 Å². The molecule has 1 unspecified atom stereocenters. The summed E-state index contributed by atoms with van der Waals surface area (Å²) in [4.78, 5) is 23.3. The number of primary amides is 1. The van der Waals surface area contributed by atoms with Gasteiger partial charge >= 0.3 is 6.03 Å². The lowest BCUT2D eigenvalue weighted by Crippen LogP contribution is -2.43. The van der Waals surface area contributed by atoms with Crippen LogP contribution in [-0.4, -0.2) is 18.5 Å². The number of nitrogens with one attached hydrogen (secondary N) is 2. The number of rotatable bonds is 7. The van der Waals surface area contributed by atoms with E-state index in [9.17, 15) is 9.59 Å². The predicted octanol–water partition coefficient (Wildman–Crippen LogP) is 1.95. The molecule has 0 saturated carbocycles. The normalized spacial score (nSPS) is 11.9. The highest BCUT2D eigenvalue weighted by molar-refractivity contribution is 5.87. The van der Waals surface area contributed by atoms with E-state index < -0.39 is 12.1 Å². The van der Waals surface area contributed by atoms with Crippen molar-refractivity contribution in [2.24, 2.45) is 11.7 Å². The molecule has 0 heterocycles. The molecular formula is C15H23N3O2. The van der Waals surface area contributed by atoms with Gasteiger partial charge in [0.2, 0.25) is 5.91 Å². The number of carbonyl (C=O) groups excluding carboxylic acids is 2. The summed E-state index contributed by atoms with van der Waals surface area (Å²) in [5.74, 6) is 0.214. The lowest BCUT2D eigenvalue weighted by atomic mass is 10.0. The van der Waals surface area contributed by atoms with Gasteiger partial charge in [-0.15, -0.1) is 0 Å². The highest BCUT2D eigenvalue weighted by Gasteiger charge is 2.21. The van der Waals surface area contributed by atoms with Gasteiger partial charge in [0.25, 0.3) is 0 Å². The Morgan fingerprint density at radius 1 is 1.15 bits per heavy atom. The molecule has 0 aliphatic heterocycles. The standard InChI is InChI=1S/C15H23N3O2/c1-3-11(4-2)10-17-14(19)13(18-15(16)20)12-8-6-5-7-9-12/h5-9,11,13H,3-4,10H2,1-2H3,(H,17,19)(H3,16,18,20). The van der Waals surface area contributed by atoms with Gasteiger partial charge in [0.05, 0.1) is 0 Å². The molecule has 0 aromatic heterocycles. The smallest absolute Gasteiger partial charge is 0.313 e. The Kier molecular flexibility index (Phi) is 6.56. The van der Waals surface area contributed by atoms with E-state index in [-0.39, 0.29) is 5.91 Å². The molecule has 5 nitrogen and oxygen atoms in total. The molecule has 0 fully saturated rings. The largest absolute Gasteiger partial charge is 0.354 e. The van der Waals surface area contributed by atoms with Crippen LogP contribution in [0.25, 0.3) is 0 Å². The van der Waals surface area contributed by atoms with Crippen LogP contribution in [0.5, 0.6) is 0 Å². The Morgan fingerprint density at radius 2 is 1.75 bits per heavy atom. The molecule has 110 valence electrons. The van der Waals surface area contributed by atoms with Crippen LogP contribution >= 0.6 is 0 Å². The first-order valence-electron chi connectivity index (χ1n) is 6.97. The van der Waals surface area contributed by atoms with E-state index in [2.05, 4.69) is 24.5 Å². The molecule has 0 saturated heterocycles. The molecule has 0 aliphatic rings. The monoisotopic (exact) mass is 277 g/mol. The number of hydrogen-bond acceptors (Lipinski definition) is 2. The molecule has 3 amide bonds. The number of carbonyl (C=O) groups is 2. The topological polar surface area (TPSA) is 84.2 Å². The third-order valence-corrected chi connectivity index (χ3v) is 3.40. The summed E-state index contributed by atoms with van der Waals surface area (Å²) in [6.45, 7) is 4.79. The van der Waals surface area contributed by atoms with Gasteiger partial charge in [0.15, 0.2) is 0 Å². The van der Waals surface area contributed by atoms with E-state index >= 15 is 0 Å². The molecule has 0 spiro atoms. The van der Waals surface area contributed by atoms with Crippen molar-refractivity contribution in [1.29, 1.82) is 0 Å². The van der Waals surface area contributed by atoms with Gasteiger partial charge in [0.1, 0.15) is 6.04 Å². The van der Waals surface area contributed by atoms with Gasteiger partial charge in [-0.3, -0.25) is 4.79 Å². The molecule has 1 aromatic carbocycles. The minimum absolute atomic E-state index is 0.234. The highest BCUT2D eigenvalue weighted by Crippen LogP contribution is 2.13. The van der Waals surface area contributed by atoms with Crippen LogP contribution in [0.15, 0.2) is 30.3 Å². The van der Waals surface area contributed by atoms with Crippen molar-refractivity contribution >= 4 is 11.9 Å². The van der Waals surface area contributed by atoms with Crippen LogP contribution in [0.1, 0.15) is 38.3 Å². The van der Waals surface area contributed by atoms with Gasteiger partial charge in [-0.05, 0) is 11.5 Å². The quantitative estimate of drug-likeness (QED) is 0.711. The first-order valence-corrected chi connectivity index (χ1v) is 6.97. The third kappa shape index (κ3) is 4.91. The summed E-state index contributed by atoms with van der Waals surface area (Å²) in [6, 6.07) is 7.61. The Balaban J connectivity index is 2.73. The van der Waals surface area contributed by atoms with E-state index in [1.165, 1.54) is 0 Å². The van der Waals surface area contributed by atoms with Crippen molar-refractivity contribution in [2.45, 2.75) is 32.7 Å². The Labute approximate surface area is 119 Å². The van der Waals surface area contributed by atoms with E-state index in [4.69, 9.17) is 5.73 Å². The summed E-state index contributed by atoms with van der Waals surface area (Å²) < 4.78 is 0. The number of benzene rings is 1. The minimum Gasteiger partial charge on any atom is -0.354 e. The Bertz CT molecular complexity index is 430. The average molecular weight is 277 g/mol. The summed E-state index contributed by atoms with van der Waals surface area (Å²) in [6.07, 6.45) is 2.02. The molecule has 0 radical (unpaired) electrons. The van der Waals surface area contributed by atoms with Gasteiger partial charge in [-0.2, -0.15) is 0 Å². The van der Waals surface area contributed by atoms with Crippen LogP contribution in [0.4, 0.5) is 4.79 Å². The van der Waals surface area contributed by atoms with Crippen LogP contribution in [0, 0.1) is 5.92 Å². The second-order valence-corrected chi connectivity index (χ2v) is 4.78. The van der Waals surface area contributed by atoms with Crippen molar-refractivity contribution in [2.75, 3.05) is 6.54 Å². The Morgan fingerprint density at radius 3 is 2.25 bits per heavy atom. The number of nitrogens with two attached hydrogens (primary N) is 1. The second kappa shape index (κ2) is 8.19. The van der Waals surface area contributed by atoms with Crippen LogP contribution < -0.4 is 16.4 Å². The lowest BCUT2D eigenvalue weighted by molar-refractivity contribution is -0.123. The summed E-state index contributed by atoms with van der Waals surface area (Å²) in [7, 11) is 0. The second-order valence-electron chi connectivity index (χ2n) is 4.78. The molecular weight excluding hydrogens is 254 g/mol. The molecule has 20 heavy (non-hydrogen) atoms. The molecule has 1 rings (SSSR count). The van der Waals surface area contributed by atoms with Crippen molar-refractivity contribution in [3.05, 3.63) is 35.9 Å². The maximum absolute atomic E-state index is 12.2. The Hall–Kier alpha value is -2.04. The fourth-order valence-corrected chi connectivity index (χ4v) is 2.01. The zero-order chi connectivity index (χ0) is 15.0. The van der Waals surface area contributed by atoms with Gasteiger partial charge in [0, 0.05) is 6.54 Å². The molecule has 0 bridgehead atoms. The van der Waals surface area contributed by atoms with Crippen LogP contribution in [-0.2, 0) is 4.79 Å². The van der Waals surface area contributed by atoms with E-state index in [0.717, 1.165) is 12.8 Å². The highest BCUT2D eigenvalue weighted by atomic mass is 16.2. The van der Waals surface area contributed by atoms with Crippen molar-refractivity contribution in [3.63, 3.8) is 0 Å². The fourth-order valence-electron chi connectivity index (χ4n) is 2.01. The fraction of sp³-hybridized carbons (Fsp3) is 0.467. The molecule has 1 aromatic rings. The zero-order valence-corrected chi connectivity index (χ0v) is 12.1. The van der Waals surface area contributed by atoms with Crippen molar-refractivity contribution in [1.82, 2.24) is 10.6 Å². The van der Waals surface area contributed by atoms with E-state index in [1.54, 1.807) is 12.1 Å².